The van der Waals surface area contributed by atoms with Crippen molar-refractivity contribution in [1.29, 1.82) is 0 Å². The standard InChI is InChI=1S/C18H17ClFNS/c1-2-10-21-11-18(13-6-3-4-9-17(13)21)22-12-14-15(19)7-5-8-16(14)20/h3-9,11H,2,10,12H2,1H3. The van der Waals surface area contributed by atoms with Crippen LogP contribution in [0, 0.1) is 5.82 Å². The van der Waals surface area contributed by atoms with E-state index in [4.69, 9.17) is 11.6 Å². The van der Waals surface area contributed by atoms with E-state index in [0.29, 0.717) is 16.3 Å². The van der Waals surface area contributed by atoms with Crippen molar-refractivity contribution in [2.75, 3.05) is 0 Å². The molecule has 0 atom stereocenters. The lowest BCUT2D eigenvalue weighted by atomic mass is 10.2. The summed E-state index contributed by atoms with van der Waals surface area (Å²) in [4.78, 5) is 1.17. The average molecular weight is 334 g/mol. The van der Waals surface area contributed by atoms with Gasteiger partial charge >= 0.3 is 0 Å². The highest BCUT2D eigenvalue weighted by molar-refractivity contribution is 7.98. The molecule has 1 aromatic heterocycles. The molecule has 0 amide bonds. The van der Waals surface area contributed by atoms with Gasteiger partial charge in [0, 0.05) is 44.9 Å². The number of benzene rings is 2. The van der Waals surface area contributed by atoms with Gasteiger partial charge in [0.25, 0.3) is 0 Å². The highest BCUT2D eigenvalue weighted by Crippen LogP contribution is 2.34. The Hall–Kier alpha value is -1.45. The summed E-state index contributed by atoms with van der Waals surface area (Å²) < 4.78 is 16.2. The largest absolute Gasteiger partial charge is 0.346 e. The van der Waals surface area contributed by atoms with Crippen LogP contribution in [0.4, 0.5) is 4.39 Å². The Morgan fingerprint density at radius 2 is 1.95 bits per heavy atom. The van der Waals surface area contributed by atoms with E-state index >= 15 is 0 Å². The summed E-state index contributed by atoms with van der Waals surface area (Å²) in [6, 6.07) is 13.2. The van der Waals surface area contributed by atoms with Crippen molar-refractivity contribution < 1.29 is 4.39 Å². The number of para-hydroxylation sites is 1. The molecule has 0 saturated carbocycles. The highest BCUT2D eigenvalue weighted by Gasteiger charge is 2.11. The molecule has 0 N–H and O–H groups in total. The van der Waals surface area contributed by atoms with Crippen molar-refractivity contribution in [3.8, 4) is 0 Å². The smallest absolute Gasteiger partial charge is 0.128 e. The lowest BCUT2D eigenvalue weighted by molar-refractivity contribution is 0.617. The molecule has 114 valence electrons. The van der Waals surface area contributed by atoms with E-state index in [2.05, 4.69) is 35.9 Å². The van der Waals surface area contributed by atoms with Crippen LogP contribution in [0.2, 0.25) is 5.02 Å². The van der Waals surface area contributed by atoms with Gasteiger partial charge in [-0.3, -0.25) is 0 Å². The van der Waals surface area contributed by atoms with E-state index in [0.717, 1.165) is 13.0 Å². The van der Waals surface area contributed by atoms with Crippen LogP contribution in [0.3, 0.4) is 0 Å². The van der Waals surface area contributed by atoms with Crippen LogP contribution in [0.15, 0.2) is 53.6 Å². The van der Waals surface area contributed by atoms with E-state index in [1.165, 1.54) is 21.9 Å². The van der Waals surface area contributed by atoms with E-state index in [1.807, 2.05) is 6.07 Å². The fourth-order valence-corrected chi connectivity index (χ4v) is 4.01. The number of halogens is 2. The van der Waals surface area contributed by atoms with Crippen LogP contribution in [0.5, 0.6) is 0 Å². The van der Waals surface area contributed by atoms with Gasteiger partial charge in [-0.1, -0.05) is 42.8 Å². The third-order valence-corrected chi connectivity index (χ3v) is 5.07. The number of aromatic nitrogens is 1. The minimum absolute atomic E-state index is 0.239. The molecule has 1 heterocycles. The molecule has 22 heavy (non-hydrogen) atoms. The first-order valence-corrected chi connectivity index (χ1v) is 8.70. The molecule has 3 aromatic rings. The zero-order valence-electron chi connectivity index (χ0n) is 12.4. The van der Waals surface area contributed by atoms with E-state index in [1.54, 1.807) is 23.9 Å². The molecule has 0 unspecified atom stereocenters. The summed E-state index contributed by atoms with van der Waals surface area (Å²) in [6.07, 6.45) is 3.25. The summed E-state index contributed by atoms with van der Waals surface area (Å²) >= 11 is 7.74. The number of fused-ring (bicyclic) bond motifs is 1. The maximum absolute atomic E-state index is 13.9. The Balaban J connectivity index is 1.91. The molecule has 2 aromatic carbocycles. The minimum Gasteiger partial charge on any atom is -0.346 e. The second kappa shape index (κ2) is 6.76. The van der Waals surface area contributed by atoms with Crippen LogP contribution in [0.25, 0.3) is 10.9 Å². The van der Waals surface area contributed by atoms with Crippen molar-refractivity contribution in [2.45, 2.75) is 30.5 Å². The van der Waals surface area contributed by atoms with Crippen LogP contribution >= 0.6 is 23.4 Å². The van der Waals surface area contributed by atoms with E-state index in [-0.39, 0.29) is 5.82 Å². The predicted molar refractivity (Wildman–Crippen MR) is 93.2 cm³/mol. The zero-order valence-corrected chi connectivity index (χ0v) is 13.9. The summed E-state index contributed by atoms with van der Waals surface area (Å²) in [5, 5.41) is 1.71. The number of hydrogen-bond donors (Lipinski definition) is 0. The van der Waals surface area contributed by atoms with Gasteiger partial charge in [0.1, 0.15) is 5.82 Å². The normalized spacial score (nSPS) is 11.2. The molecule has 1 nitrogen and oxygen atoms in total. The van der Waals surface area contributed by atoms with Crippen LogP contribution in [0.1, 0.15) is 18.9 Å². The third-order valence-electron chi connectivity index (χ3n) is 3.65. The van der Waals surface area contributed by atoms with Gasteiger partial charge in [-0.15, -0.1) is 11.8 Å². The van der Waals surface area contributed by atoms with Gasteiger partial charge in [-0.2, -0.15) is 0 Å². The SMILES string of the molecule is CCCn1cc(SCc2c(F)cccc2Cl)c2ccccc21. The number of hydrogen-bond acceptors (Lipinski definition) is 1. The molecular weight excluding hydrogens is 317 g/mol. The molecule has 4 heteroatoms. The molecular formula is C18H17ClFNS. The number of aryl methyl sites for hydroxylation is 1. The second-order valence-corrected chi connectivity index (χ2v) is 6.62. The van der Waals surface area contributed by atoms with Crippen molar-refractivity contribution in [2.24, 2.45) is 0 Å². The Kier molecular flexibility index (Phi) is 4.74. The molecule has 0 aliphatic heterocycles. The topological polar surface area (TPSA) is 4.93 Å². The average Bonchev–Trinajstić information content (AvgIpc) is 2.86. The Labute approximate surface area is 139 Å². The molecule has 0 aliphatic carbocycles. The Morgan fingerprint density at radius 1 is 1.14 bits per heavy atom. The van der Waals surface area contributed by atoms with Gasteiger partial charge < -0.3 is 4.57 Å². The number of rotatable bonds is 5. The van der Waals surface area contributed by atoms with Crippen molar-refractivity contribution in [3.05, 3.63) is 65.1 Å². The molecule has 3 rings (SSSR count). The van der Waals surface area contributed by atoms with Gasteiger partial charge in [-0.05, 0) is 24.6 Å². The first kappa shape index (κ1) is 15.4. The lowest BCUT2D eigenvalue weighted by Crippen LogP contribution is -1.93. The molecule has 0 bridgehead atoms. The minimum atomic E-state index is -0.239. The third kappa shape index (κ3) is 3.01. The molecule has 0 aliphatic rings. The second-order valence-electron chi connectivity index (χ2n) is 5.19. The summed E-state index contributed by atoms with van der Waals surface area (Å²) in [6.45, 7) is 3.15. The number of thioether (sulfide) groups is 1. The maximum atomic E-state index is 13.9. The van der Waals surface area contributed by atoms with Crippen molar-refractivity contribution in [1.82, 2.24) is 4.57 Å². The molecule has 0 fully saturated rings. The fourth-order valence-electron chi connectivity index (χ4n) is 2.57. The number of nitrogens with zero attached hydrogens (tertiary/aromatic N) is 1. The summed E-state index contributed by atoms with van der Waals surface area (Å²) in [5.41, 5.74) is 1.80. The Morgan fingerprint density at radius 3 is 2.73 bits per heavy atom. The summed E-state index contributed by atoms with van der Waals surface area (Å²) in [5.74, 6) is 0.295. The van der Waals surface area contributed by atoms with Crippen molar-refractivity contribution >= 4 is 34.3 Å². The maximum Gasteiger partial charge on any atom is 0.128 e. The molecule has 0 spiro atoms. The van der Waals surface area contributed by atoms with Gasteiger partial charge in [-0.25, -0.2) is 4.39 Å². The Bertz CT molecular complexity index is 777. The predicted octanol–water partition coefficient (Wildman–Crippen LogP) is 6.14. The van der Waals surface area contributed by atoms with Gasteiger partial charge in [0.2, 0.25) is 0 Å². The lowest BCUT2D eigenvalue weighted by Gasteiger charge is -2.05. The van der Waals surface area contributed by atoms with Crippen LogP contribution in [-0.2, 0) is 12.3 Å². The quantitative estimate of drug-likeness (QED) is 0.508. The van der Waals surface area contributed by atoms with Crippen LogP contribution < -0.4 is 0 Å². The van der Waals surface area contributed by atoms with E-state index in [9.17, 15) is 4.39 Å². The highest BCUT2D eigenvalue weighted by atomic mass is 35.5. The van der Waals surface area contributed by atoms with E-state index < -0.39 is 0 Å². The first-order valence-electron chi connectivity index (χ1n) is 7.34. The summed E-state index contributed by atoms with van der Waals surface area (Å²) in [7, 11) is 0. The zero-order chi connectivity index (χ0) is 15.5. The monoisotopic (exact) mass is 333 g/mol. The van der Waals surface area contributed by atoms with Gasteiger partial charge in [0.15, 0.2) is 0 Å². The fraction of sp³-hybridized carbons (Fsp3) is 0.222. The van der Waals surface area contributed by atoms with Gasteiger partial charge in [0.05, 0.1) is 0 Å². The first-order chi connectivity index (χ1) is 10.7. The molecule has 0 radical (unpaired) electrons. The van der Waals surface area contributed by atoms with Crippen molar-refractivity contribution in [3.63, 3.8) is 0 Å². The molecule has 0 saturated heterocycles. The van der Waals surface area contributed by atoms with Crippen LogP contribution in [-0.4, -0.2) is 4.57 Å².